The van der Waals surface area contributed by atoms with Gasteiger partial charge in [-0.05, 0) is 13.8 Å². The summed E-state index contributed by atoms with van der Waals surface area (Å²) in [5.41, 5.74) is -4.66. The summed E-state index contributed by atoms with van der Waals surface area (Å²) in [5, 5.41) is 35.5. The Bertz CT molecular complexity index is 312. The summed E-state index contributed by atoms with van der Waals surface area (Å²) in [7, 11) is 0. The zero-order valence-corrected chi connectivity index (χ0v) is 9.74. The predicted octanol–water partition coefficient (Wildman–Crippen LogP) is -2.32. The van der Waals surface area contributed by atoms with Gasteiger partial charge in [-0.15, -0.1) is 0 Å². The highest BCUT2D eigenvalue weighted by atomic mass is 16.8. The highest BCUT2D eigenvalue weighted by molar-refractivity contribution is 5.93. The Morgan fingerprint density at radius 3 is 1.39 bits per heavy atom. The van der Waals surface area contributed by atoms with Gasteiger partial charge in [0.15, 0.2) is 11.2 Å². The van der Waals surface area contributed by atoms with E-state index < -0.39 is 42.5 Å². The van der Waals surface area contributed by atoms with Crippen molar-refractivity contribution in [2.75, 3.05) is 13.2 Å². The third-order valence-corrected chi connectivity index (χ3v) is 1.85. The molecule has 104 valence electrons. The van der Waals surface area contributed by atoms with Gasteiger partial charge in [0.05, 0.1) is 13.2 Å². The van der Waals surface area contributed by atoms with Crippen molar-refractivity contribution in [3.63, 3.8) is 0 Å². The van der Waals surface area contributed by atoms with Crippen molar-refractivity contribution in [1.29, 1.82) is 0 Å². The molecule has 0 bridgehead atoms. The van der Waals surface area contributed by atoms with Gasteiger partial charge in [-0.1, -0.05) is 0 Å². The molecule has 0 aromatic carbocycles. The quantitative estimate of drug-likeness (QED) is 0.324. The fraction of sp³-hybridized carbons (Fsp3) is 0.667. The third kappa shape index (κ3) is 4.37. The molecular formula is C9H14O9. The van der Waals surface area contributed by atoms with E-state index in [9.17, 15) is 24.6 Å². The molecule has 4 N–H and O–H groups in total. The molecule has 0 amide bonds. The first-order chi connectivity index (χ1) is 8.06. The van der Waals surface area contributed by atoms with Gasteiger partial charge >= 0.3 is 18.1 Å². The molecule has 0 aliphatic carbocycles. The zero-order valence-electron chi connectivity index (χ0n) is 9.74. The molecule has 18 heavy (non-hydrogen) atoms. The average molecular weight is 266 g/mol. The van der Waals surface area contributed by atoms with Crippen molar-refractivity contribution in [2.24, 2.45) is 0 Å². The molecule has 0 aromatic rings. The largest absolute Gasteiger partial charge is 0.524 e. The molecule has 2 atom stereocenters. The van der Waals surface area contributed by atoms with Gasteiger partial charge in [0, 0.05) is 0 Å². The number of aliphatic hydroxyl groups excluding tert-OH is 2. The van der Waals surface area contributed by atoms with E-state index in [4.69, 9.17) is 10.2 Å². The van der Waals surface area contributed by atoms with Crippen molar-refractivity contribution < 1.29 is 44.3 Å². The molecule has 0 spiro atoms. The van der Waals surface area contributed by atoms with Crippen LogP contribution in [0.3, 0.4) is 0 Å². The van der Waals surface area contributed by atoms with Crippen molar-refractivity contribution in [3.05, 3.63) is 0 Å². The number of esters is 2. The Labute approximate surface area is 102 Å². The molecule has 0 aromatic heterocycles. The first-order valence-electron chi connectivity index (χ1n) is 4.72. The number of carbonyl (C=O) groups excluding carboxylic acids is 3. The zero-order chi connectivity index (χ0) is 14.6. The molecule has 0 aliphatic heterocycles. The van der Waals surface area contributed by atoms with E-state index in [1.165, 1.54) is 0 Å². The van der Waals surface area contributed by atoms with Crippen LogP contribution in [0.1, 0.15) is 13.8 Å². The van der Waals surface area contributed by atoms with Crippen LogP contribution in [0.2, 0.25) is 0 Å². The number of hydrogen-bond donors (Lipinski definition) is 4. The fourth-order valence-corrected chi connectivity index (χ4v) is 0.521. The van der Waals surface area contributed by atoms with Gasteiger partial charge in [-0.25, -0.2) is 14.4 Å². The highest BCUT2D eigenvalue weighted by Crippen LogP contribution is 2.08. The van der Waals surface area contributed by atoms with Crippen LogP contribution in [0.25, 0.3) is 0 Å². The van der Waals surface area contributed by atoms with Gasteiger partial charge in [0.25, 0.3) is 0 Å². The third-order valence-electron chi connectivity index (χ3n) is 1.85. The maximum absolute atomic E-state index is 11.1. The van der Waals surface area contributed by atoms with Crippen molar-refractivity contribution in [1.82, 2.24) is 0 Å². The lowest BCUT2D eigenvalue weighted by molar-refractivity contribution is -0.170. The van der Waals surface area contributed by atoms with Gasteiger partial charge < -0.3 is 29.9 Å². The minimum absolute atomic E-state index is 0.869. The Morgan fingerprint density at radius 2 is 1.17 bits per heavy atom. The van der Waals surface area contributed by atoms with Crippen molar-refractivity contribution in [2.45, 2.75) is 25.0 Å². The molecule has 0 radical (unpaired) electrons. The van der Waals surface area contributed by atoms with Crippen LogP contribution in [-0.2, 0) is 19.1 Å². The summed E-state index contributed by atoms with van der Waals surface area (Å²) in [6.07, 6.45) is -1.80. The molecule has 0 saturated heterocycles. The molecular weight excluding hydrogens is 252 g/mol. The number of aliphatic hydroxyl groups is 4. The monoisotopic (exact) mass is 266 g/mol. The Balaban J connectivity index is 4.47. The first-order valence-corrected chi connectivity index (χ1v) is 4.72. The van der Waals surface area contributed by atoms with Crippen LogP contribution in [0.4, 0.5) is 4.79 Å². The number of ether oxygens (including phenoxy) is 2. The molecule has 0 aliphatic rings. The van der Waals surface area contributed by atoms with Crippen LogP contribution < -0.4 is 0 Å². The maximum Gasteiger partial charge on any atom is 0.524 e. The Kier molecular flexibility index (Phi) is 5.36. The molecule has 9 nitrogen and oxygen atoms in total. The molecule has 0 saturated carbocycles. The number of carbonyl (C=O) groups is 3. The first kappa shape index (κ1) is 16.4. The van der Waals surface area contributed by atoms with E-state index >= 15 is 0 Å². The Morgan fingerprint density at radius 1 is 0.889 bits per heavy atom. The normalized spacial score (nSPS) is 17.2. The SMILES string of the molecule is CC(O)(CO)C(=O)OC(=O)OC(=O)C(C)(O)CO. The van der Waals surface area contributed by atoms with Gasteiger partial charge in [0.1, 0.15) is 0 Å². The van der Waals surface area contributed by atoms with Crippen LogP contribution in [0, 0.1) is 0 Å². The van der Waals surface area contributed by atoms with E-state index in [2.05, 4.69) is 9.47 Å². The van der Waals surface area contributed by atoms with Gasteiger partial charge in [-0.2, -0.15) is 0 Å². The summed E-state index contributed by atoms with van der Waals surface area (Å²) in [4.78, 5) is 33.0. The van der Waals surface area contributed by atoms with E-state index in [-0.39, 0.29) is 0 Å². The smallest absolute Gasteiger partial charge is 0.393 e. The van der Waals surface area contributed by atoms with Crippen LogP contribution in [-0.4, -0.2) is 62.9 Å². The van der Waals surface area contributed by atoms with Gasteiger partial charge in [-0.3, -0.25) is 0 Å². The summed E-state index contributed by atoms with van der Waals surface area (Å²) in [5.74, 6) is -3.07. The van der Waals surface area contributed by atoms with Crippen LogP contribution >= 0.6 is 0 Å². The number of rotatable bonds is 4. The van der Waals surface area contributed by atoms with E-state index in [0.717, 1.165) is 13.8 Å². The van der Waals surface area contributed by atoms with Gasteiger partial charge in [0.2, 0.25) is 0 Å². The summed E-state index contributed by atoms with van der Waals surface area (Å²) >= 11 is 0. The summed E-state index contributed by atoms with van der Waals surface area (Å²) in [6, 6.07) is 0. The van der Waals surface area contributed by atoms with Crippen molar-refractivity contribution in [3.8, 4) is 0 Å². The molecule has 2 unspecified atom stereocenters. The lowest BCUT2D eigenvalue weighted by Gasteiger charge is -2.19. The minimum atomic E-state index is -2.33. The average Bonchev–Trinajstić information content (AvgIpc) is 2.28. The second kappa shape index (κ2) is 5.87. The molecule has 0 fully saturated rings. The molecule has 0 heterocycles. The fourth-order valence-electron chi connectivity index (χ4n) is 0.521. The Hall–Kier alpha value is -1.55. The predicted molar refractivity (Wildman–Crippen MR) is 53.0 cm³/mol. The molecule has 0 rings (SSSR count). The van der Waals surface area contributed by atoms with E-state index in [0.29, 0.717) is 0 Å². The van der Waals surface area contributed by atoms with Crippen molar-refractivity contribution >= 4 is 18.1 Å². The maximum atomic E-state index is 11.1. The van der Waals surface area contributed by atoms with Crippen LogP contribution in [0.15, 0.2) is 0 Å². The summed E-state index contributed by atoms with van der Waals surface area (Å²) in [6.45, 7) is -0.286. The lowest BCUT2D eigenvalue weighted by Crippen LogP contribution is -2.44. The van der Waals surface area contributed by atoms with Crippen LogP contribution in [0.5, 0.6) is 0 Å². The van der Waals surface area contributed by atoms with E-state index in [1.54, 1.807) is 0 Å². The van der Waals surface area contributed by atoms with E-state index in [1.807, 2.05) is 0 Å². The second-order valence-electron chi connectivity index (χ2n) is 3.89. The summed E-state index contributed by atoms with van der Waals surface area (Å²) < 4.78 is 7.79. The lowest BCUT2D eigenvalue weighted by atomic mass is 10.1. The highest BCUT2D eigenvalue weighted by Gasteiger charge is 2.37. The second-order valence-corrected chi connectivity index (χ2v) is 3.89. The standard InChI is InChI=1S/C9H14O9/c1-8(15,3-10)5(12)17-7(14)18-6(13)9(2,16)4-11/h10-11,15-16H,3-4H2,1-2H3. The molecule has 9 heteroatoms. The topological polar surface area (TPSA) is 151 Å². The number of hydrogen-bond acceptors (Lipinski definition) is 9. The minimum Gasteiger partial charge on any atom is -0.393 e.